The van der Waals surface area contributed by atoms with Gasteiger partial charge in [-0.2, -0.15) is 0 Å². The van der Waals surface area contributed by atoms with Crippen molar-refractivity contribution in [2.45, 2.75) is 13.0 Å². The summed E-state index contributed by atoms with van der Waals surface area (Å²) in [6.07, 6.45) is -0.526. The Labute approximate surface area is 103 Å². The number of hydrogen-bond acceptors (Lipinski definition) is 3. The lowest BCUT2D eigenvalue weighted by Gasteiger charge is -2.14. The molecule has 0 fully saturated rings. The molecule has 0 spiro atoms. The molecule has 1 atom stereocenters. The molecule has 0 aromatic heterocycles. The summed E-state index contributed by atoms with van der Waals surface area (Å²) in [5, 5.41) is 11.2. The van der Waals surface area contributed by atoms with E-state index in [1.54, 1.807) is 0 Å². The van der Waals surface area contributed by atoms with Crippen LogP contribution in [0.4, 0.5) is 4.79 Å². The van der Waals surface area contributed by atoms with Crippen LogP contribution in [0.25, 0.3) is 0 Å². The van der Waals surface area contributed by atoms with Crippen LogP contribution in [0.1, 0.15) is 18.5 Å². The second-order valence-corrected chi connectivity index (χ2v) is 4.20. The number of aliphatic hydroxyl groups excluding tert-OH is 1. The third kappa shape index (κ3) is 4.20. The summed E-state index contributed by atoms with van der Waals surface area (Å²) < 4.78 is 5.66. The monoisotopic (exact) mass is 287 g/mol. The van der Waals surface area contributed by atoms with E-state index in [9.17, 15) is 4.79 Å². The van der Waals surface area contributed by atoms with Crippen LogP contribution < -0.4 is 5.32 Å². The van der Waals surface area contributed by atoms with Crippen LogP contribution in [0.2, 0.25) is 0 Å². The van der Waals surface area contributed by atoms with Gasteiger partial charge in [-0.25, -0.2) is 4.79 Å². The van der Waals surface area contributed by atoms with E-state index < -0.39 is 6.09 Å². The van der Waals surface area contributed by atoms with Crippen LogP contribution in [0.15, 0.2) is 28.7 Å². The molecule has 16 heavy (non-hydrogen) atoms. The van der Waals surface area contributed by atoms with Crippen molar-refractivity contribution >= 4 is 22.0 Å². The van der Waals surface area contributed by atoms with E-state index in [-0.39, 0.29) is 19.3 Å². The third-order valence-electron chi connectivity index (χ3n) is 2.01. The number of aliphatic hydroxyl groups is 1. The number of alkyl carbamates (subject to hydrolysis) is 1. The van der Waals surface area contributed by atoms with Gasteiger partial charge in [0, 0.05) is 4.47 Å². The number of carbonyl (C=O) groups is 1. The number of rotatable bonds is 4. The first-order valence-electron chi connectivity index (χ1n) is 4.93. The first-order valence-corrected chi connectivity index (χ1v) is 5.72. The molecule has 0 aliphatic carbocycles. The maximum absolute atomic E-state index is 11.2. The average molecular weight is 288 g/mol. The quantitative estimate of drug-likeness (QED) is 0.893. The zero-order chi connectivity index (χ0) is 12.0. The molecule has 4 nitrogen and oxygen atoms in total. The molecular weight excluding hydrogens is 274 g/mol. The fraction of sp³-hybridized carbons (Fsp3) is 0.364. The van der Waals surface area contributed by atoms with Gasteiger partial charge in [0.2, 0.25) is 0 Å². The first kappa shape index (κ1) is 13.0. The number of ether oxygens (including phenoxy) is 1. The maximum Gasteiger partial charge on any atom is 0.407 e. The number of hydrogen-bond donors (Lipinski definition) is 2. The van der Waals surface area contributed by atoms with Crippen molar-refractivity contribution in [1.82, 2.24) is 5.32 Å². The molecule has 88 valence electrons. The van der Waals surface area contributed by atoms with Gasteiger partial charge >= 0.3 is 6.09 Å². The molecule has 2 N–H and O–H groups in total. The van der Waals surface area contributed by atoms with Crippen LogP contribution >= 0.6 is 15.9 Å². The molecule has 0 heterocycles. The van der Waals surface area contributed by atoms with Crippen LogP contribution in [0.3, 0.4) is 0 Å². The van der Waals surface area contributed by atoms with Crippen LogP contribution in [0.5, 0.6) is 0 Å². The Kier molecular flexibility index (Phi) is 5.28. The second kappa shape index (κ2) is 6.50. The molecule has 1 aromatic rings. The van der Waals surface area contributed by atoms with Gasteiger partial charge in [0.15, 0.2) is 0 Å². The zero-order valence-corrected chi connectivity index (χ0v) is 10.5. The number of amides is 1. The molecular formula is C11H14BrNO3. The molecule has 1 amide bonds. The summed E-state index contributed by atoms with van der Waals surface area (Å²) in [5.74, 6) is 0. The summed E-state index contributed by atoms with van der Waals surface area (Å²) in [5.41, 5.74) is 0.982. The van der Waals surface area contributed by atoms with Crippen molar-refractivity contribution in [3.63, 3.8) is 0 Å². The van der Waals surface area contributed by atoms with Gasteiger partial charge in [-0.3, -0.25) is 0 Å². The molecule has 0 aliphatic rings. The Morgan fingerprint density at radius 3 is 3.00 bits per heavy atom. The Balaban J connectivity index is 2.52. The highest BCUT2D eigenvalue weighted by Crippen LogP contribution is 2.17. The van der Waals surface area contributed by atoms with Gasteiger partial charge in [0.1, 0.15) is 6.61 Å². The minimum absolute atomic E-state index is 0.0109. The molecule has 1 aromatic carbocycles. The van der Waals surface area contributed by atoms with Crippen LogP contribution in [-0.2, 0) is 4.74 Å². The lowest BCUT2D eigenvalue weighted by molar-refractivity contribution is 0.116. The summed E-state index contributed by atoms with van der Waals surface area (Å²) in [7, 11) is 0. The number of nitrogens with one attached hydrogen (secondary N) is 1. The fourth-order valence-electron chi connectivity index (χ4n) is 1.22. The summed E-state index contributed by atoms with van der Waals surface area (Å²) >= 11 is 3.36. The average Bonchev–Trinajstić information content (AvgIpc) is 2.26. The molecule has 0 saturated carbocycles. The van der Waals surface area contributed by atoms with E-state index >= 15 is 0 Å². The summed E-state index contributed by atoms with van der Waals surface area (Å²) in [4.78, 5) is 11.2. The van der Waals surface area contributed by atoms with Crippen molar-refractivity contribution in [2.75, 3.05) is 13.2 Å². The van der Waals surface area contributed by atoms with E-state index in [2.05, 4.69) is 21.2 Å². The van der Waals surface area contributed by atoms with Gasteiger partial charge in [0.25, 0.3) is 0 Å². The normalized spacial score (nSPS) is 11.9. The zero-order valence-electron chi connectivity index (χ0n) is 8.94. The highest BCUT2D eigenvalue weighted by Gasteiger charge is 2.09. The van der Waals surface area contributed by atoms with E-state index in [1.165, 1.54) is 0 Å². The molecule has 1 rings (SSSR count). The Morgan fingerprint density at radius 1 is 1.62 bits per heavy atom. The molecule has 0 radical (unpaired) electrons. The molecule has 1 unspecified atom stereocenters. The third-order valence-corrected chi connectivity index (χ3v) is 2.50. The van der Waals surface area contributed by atoms with Crippen molar-refractivity contribution in [2.24, 2.45) is 0 Å². The van der Waals surface area contributed by atoms with Crippen molar-refractivity contribution < 1.29 is 14.6 Å². The van der Waals surface area contributed by atoms with E-state index in [0.717, 1.165) is 10.0 Å². The minimum Gasteiger partial charge on any atom is -0.447 e. The highest BCUT2D eigenvalue weighted by atomic mass is 79.9. The van der Waals surface area contributed by atoms with Gasteiger partial charge in [-0.1, -0.05) is 28.1 Å². The smallest absolute Gasteiger partial charge is 0.407 e. The molecule has 0 saturated heterocycles. The standard InChI is InChI=1S/C11H14BrNO3/c1-8(13-11(15)16-6-5-14)9-3-2-4-10(12)7-9/h2-4,7-8,14H,5-6H2,1H3,(H,13,15). The van der Waals surface area contributed by atoms with E-state index in [4.69, 9.17) is 9.84 Å². The Bertz CT molecular complexity index is 357. The van der Waals surface area contributed by atoms with E-state index in [0.29, 0.717) is 0 Å². The minimum atomic E-state index is -0.526. The Morgan fingerprint density at radius 2 is 2.38 bits per heavy atom. The lowest BCUT2D eigenvalue weighted by Crippen LogP contribution is -2.28. The molecule has 0 bridgehead atoms. The maximum atomic E-state index is 11.2. The number of halogens is 1. The first-order chi connectivity index (χ1) is 7.63. The van der Waals surface area contributed by atoms with Crippen LogP contribution in [0, 0.1) is 0 Å². The fourth-order valence-corrected chi connectivity index (χ4v) is 1.63. The molecule has 5 heteroatoms. The van der Waals surface area contributed by atoms with Crippen molar-refractivity contribution in [1.29, 1.82) is 0 Å². The summed E-state index contributed by atoms with van der Waals surface area (Å²) in [6, 6.07) is 7.53. The second-order valence-electron chi connectivity index (χ2n) is 3.28. The summed E-state index contributed by atoms with van der Waals surface area (Å²) in [6.45, 7) is 1.71. The lowest BCUT2D eigenvalue weighted by atomic mass is 10.1. The SMILES string of the molecule is CC(NC(=O)OCCO)c1cccc(Br)c1. The Hall–Kier alpha value is -1.07. The van der Waals surface area contributed by atoms with Gasteiger partial charge in [0.05, 0.1) is 12.6 Å². The predicted octanol–water partition coefficient (Wildman–Crippen LogP) is 2.23. The number of benzene rings is 1. The largest absolute Gasteiger partial charge is 0.447 e. The topological polar surface area (TPSA) is 58.6 Å². The number of carbonyl (C=O) groups excluding carboxylic acids is 1. The van der Waals surface area contributed by atoms with Gasteiger partial charge in [-0.15, -0.1) is 0 Å². The van der Waals surface area contributed by atoms with Crippen molar-refractivity contribution in [3.8, 4) is 0 Å². The predicted molar refractivity (Wildman–Crippen MR) is 64.1 cm³/mol. The van der Waals surface area contributed by atoms with Gasteiger partial charge < -0.3 is 15.2 Å². The highest BCUT2D eigenvalue weighted by molar-refractivity contribution is 9.10. The van der Waals surface area contributed by atoms with Crippen molar-refractivity contribution in [3.05, 3.63) is 34.3 Å². The van der Waals surface area contributed by atoms with Crippen LogP contribution in [-0.4, -0.2) is 24.4 Å². The molecule has 0 aliphatic heterocycles. The van der Waals surface area contributed by atoms with Gasteiger partial charge in [-0.05, 0) is 24.6 Å². The van der Waals surface area contributed by atoms with E-state index in [1.807, 2.05) is 31.2 Å².